The molecule has 0 aromatic carbocycles. The van der Waals surface area contributed by atoms with E-state index in [1.165, 1.54) is 0 Å². The van der Waals surface area contributed by atoms with Crippen molar-refractivity contribution in [3.8, 4) is 16.5 Å². The third kappa shape index (κ3) is 3.58. The number of thiophene rings is 1. The topological polar surface area (TPSA) is 70.8 Å². The van der Waals surface area contributed by atoms with Crippen molar-refractivity contribution in [1.29, 1.82) is 5.26 Å². The van der Waals surface area contributed by atoms with Gasteiger partial charge in [-0.25, -0.2) is 5.26 Å². The minimum atomic E-state index is 0.0292. The fraction of sp³-hybridized carbons (Fsp3) is 0.357. The molecule has 0 saturated carbocycles. The van der Waals surface area contributed by atoms with Crippen molar-refractivity contribution < 1.29 is 4.74 Å². The van der Waals surface area contributed by atoms with Gasteiger partial charge in [-0.1, -0.05) is 17.7 Å². The second kappa shape index (κ2) is 7.10. The maximum atomic E-state index is 9.04. The molecule has 0 aliphatic carbocycles. The van der Waals surface area contributed by atoms with Crippen LogP contribution in [0.5, 0.6) is 0 Å². The molecule has 0 bridgehead atoms. The first-order chi connectivity index (χ1) is 10.8. The van der Waals surface area contributed by atoms with Crippen LogP contribution >= 0.6 is 22.9 Å². The minimum Gasteiger partial charge on any atom is -0.381 e. The molecule has 1 atom stereocenters. The van der Waals surface area contributed by atoms with E-state index in [-0.39, 0.29) is 12.8 Å². The first kappa shape index (κ1) is 15.3. The fourth-order valence-electron chi connectivity index (χ4n) is 2.46. The molecule has 2 aromatic rings. The van der Waals surface area contributed by atoms with E-state index in [2.05, 4.69) is 21.5 Å². The van der Waals surface area contributed by atoms with Crippen molar-refractivity contribution in [3.05, 3.63) is 28.7 Å². The Morgan fingerprint density at radius 3 is 3.23 bits per heavy atom. The van der Waals surface area contributed by atoms with Gasteiger partial charge in [0.05, 0.1) is 16.7 Å². The summed E-state index contributed by atoms with van der Waals surface area (Å²) in [7, 11) is 0. The number of hydrogen-bond acceptors (Lipinski definition) is 6. The van der Waals surface area contributed by atoms with Crippen LogP contribution in [-0.4, -0.2) is 36.2 Å². The largest absolute Gasteiger partial charge is 0.381 e. The van der Waals surface area contributed by atoms with Crippen LogP contribution in [0.3, 0.4) is 0 Å². The van der Waals surface area contributed by atoms with Gasteiger partial charge < -0.3 is 10.1 Å². The fourth-order valence-corrected chi connectivity index (χ4v) is 3.33. The molecule has 8 heteroatoms. The molecule has 0 spiro atoms. The Morgan fingerprint density at radius 1 is 1.55 bits per heavy atom. The van der Waals surface area contributed by atoms with Crippen molar-refractivity contribution in [2.45, 2.75) is 18.7 Å². The number of anilines is 1. The number of rotatable bonds is 4. The van der Waals surface area contributed by atoms with Crippen LogP contribution < -0.4 is 5.32 Å². The summed E-state index contributed by atoms with van der Waals surface area (Å²) in [5.74, 6) is 2.33. The molecule has 2 aromatic heterocycles. The predicted octanol–water partition coefficient (Wildman–Crippen LogP) is 3.23. The van der Waals surface area contributed by atoms with E-state index in [0.29, 0.717) is 18.3 Å². The molecule has 0 amide bonds. The maximum Gasteiger partial charge on any atom is 0.272 e. The number of aromatic nitrogens is 2. The summed E-state index contributed by atoms with van der Waals surface area (Å²) in [6, 6.07) is 5.74. The Bertz CT molecular complexity index is 676. The van der Waals surface area contributed by atoms with E-state index < -0.39 is 0 Å². The van der Waals surface area contributed by atoms with E-state index in [4.69, 9.17) is 21.6 Å². The van der Waals surface area contributed by atoms with Gasteiger partial charge in [0.2, 0.25) is 0 Å². The zero-order valence-electron chi connectivity index (χ0n) is 11.8. The molecule has 1 fully saturated rings. The first-order valence-corrected chi connectivity index (χ1v) is 8.34. The number of nitrogens with one attached hydrogen (secondary N) is 1. The molecule has 5 nitrogen and oxygen atoms in total. The minimum absolute atomic E-state index is 0.0292. The zero-order valence-corrected chi connectivity index (χ0v) is 13.4. The predicted molar refractivity (Wildman–Crippen MR) is 89.6 cm³/mol. The molecule has 22 heavy (non-hydrogen) atoms. The lowest BCUT2D eigenvalue weighted by atomic mass is 9.45. The van der Waals surface area contributed by atoms with E-state index in [1.54, 1.807) is 17.4 Å². The highest BCUT2D eigenvalue weighted by Crippen LogP contribution is 2.30. The Kier molecular flexibility index (Phi) is 4.93. The first-order valence-electron chi connectivity index (χ1n) is 7.08. The molecule has 3 heterocycles. The average molecular weight is 333 g/mol. The van der Waals surface area contributed by atoms with Crippen LogP contribution in [0.1, 0.15) is 0 Å². The molecular weight excluding hydrogens is 319 g/mol. The highest BCUT2D eigenvalue weighted by molar-refractivity contribution is 7.13. The highest BCUT2D eigenvalue weighted by Gasteiger charge is 2.26. The number of halogens is 1. The van der Waals surface area contributed by atoms with Crippen LogP contribution in [0, 0.1) is 11.2 Å². The SMILES string of the molecule is N#CB1CCOC(CNc2cc(Cl)nnc2-c2cccs2)C1. The number of nitriles is 1. The van der Waals surface area contributed by atoms with Gasteiger partial charge in [-0.3, -0.25) is 0 Å². The van der Waals surface area contributed by atoms with Gasteiger partial charge in [0, 0.05) is 25.2 Å². The van der Waals surface area contributed by atoms with Gasteiger partial charge in [0.15, 0.2) is 5.15 Å². The standard InChI is InChI=1S/C14H14BClN4OS/c16-13-6-11(14(20-19-13)12-2-1-5-22-12)18-8-10-7-15(9-17)3-4-21-10/h1-2,5-6,10H,3-4,7-8H2,(H,18,19). The van der Waals surface area contributed by atoms with Crippen LogP contribution in [0.15, 0.2) is 23.6 Å². The third-order valence-electron chi connectivity index (χ3n) is 3.59. The highest BCUT2D eigenvalue weighted by atomic mass is 35.5. The van der Waals surface area contributed by atoms with Crippen LogP contribution in [0.4, 0.5) is 5.69 Å². The lowest BCUT2D eigenvalue weighted by Crippen LogP contribution is -2.34. The van der Waals surface area contributed by atoms with E-state index in [0.717, 1.165) is 28.9 Å². The van der Waals surface area contributed by atoms with E-state index in [9.17, 15) is 0 Å². The van der Waals surface area contributed by atoms with Crippen molar-refractivity contribution in [2.24, 2.45) is 0 Å². The van der Waals surface area contributed by atoms with Gasteiger partial charge in [-0.15, -0.1) is 21.5 Å². The molecule has 1 unspecified atom stereocenters. The molecule has 112 valence electrons. The molecular formula is C14H14BClN4OS. The van der Waals surface area contributed by atoms with Gasteiger partial charge in [0.25, 0.3) is 6.71 Å². The monoisotopic (exact) mass is 332 g/mol. The van der Waals surface area contributed by atoms with Gasteiger partial charge in [-0.2, -0.15) is 0 Å². The van der Waals surface area contributed by atoms with Crippen molar-refractivity contribution in [1.82, 2.24) is 10.2 Å². The Hall–Kier alpha value is -1.62. The maximum absolute atomic E-state index is 9.04. The summed E-state index contributed by atoms with van der Waals surface area (Å²) in [6.45, 7) is 1.34. The Labute approximate surface area is 138 Å². The van der Waals surface area contributed by atoms with Gasteiger partial charge in [-0.05, 0) is 24.1 Å². The number of ether oxygens (including phenoxy) is 1. The van der Waals surface area contributed by atoms with Crippen LogP contribution in [0.2, 0.25) is 17.8 Å². The molecule has 0 radical (unpaired) electrons. The van der Waals surface area contributed by atoms with E-state index in [1.807, 2.05) is 17.5 Å². The van der Waals surface area contributed by atoms with Crippen molar-refractivity contribution in [2.75, 3.05) is 18.5 Å². The molecule has 1 aliphatic heterocycles. The van der Waals surface area contributed by atoms with Crippen LogP contribution in [-0.2, 0) is 4.74 Å². The lowest BCUT2D eigenvalue weighted by Gasteiger charge is -2.25. The Balaban J connectivity index is 1.72. The van der Waals surface area contributed by atoms with Gasteiger partial charge in [0.1, 0.15) is 5.69 Å². The molecule has 1 saturated heterocycles. The van der Waals surface area contributed by atoms with Crippen LogP contribution in [0.25, 0.3) is 10.6 Å². The lowest BCUT2D eigenvalue weighted by molar-refractivity contribution is 0.0757. The summed E-state index contributed by atoms with van der Waals surface area (Å²) in [4.78, 5) is 1.03. The van der Waals surface area contributed by atoms with Gasteiger partial charge >= 0.3 is 0 Å². The summed E-state index contributed by atoms with van der Waals surface area (Å²) in [5, 5.41) is 22.8. The second-order valence-electron chi connectivity index (χ2n) is 5.13. The number of hydrogen-bond donors (Lipinski definition) is 1. The summed E-state index contributed by atoms with van der Waals surface area (Å²) < 4.78 is 5.71. The number of nitrogens with zero attached hydrogens (tertiary/aromatic N) is 3. The normalized spacial score (nSPS) is 18.0. The second-order valence-corrected chi connectivity index (χ2v) is 6.47. The molecule has 1 aliphatic rings. The van der Waals surface area contributed by atoms with Crippen molar-refractivity contribution >= 4 is 35.3 Å². The summed E-state index contributed by atoms with van der Waals surface area (Å²) in [5.41, 5.74) is 1.62. The molecule has 1 N–H and O–H groups in total. The Morgan fingerprint density at radius 2 is 2.45 bits per heavy atom. The quantitative estimate of drug-likeness (QED) is 0.870. The smallest absolute Gasteiger partial charge is 0.272 e. The zero-order chi connectivity index (χ0) is 15.4. The molecule has 3 rings (SSSR count). The van der Waals surface area contributed by atoms with Crippen molar-refractivity contribution in [3.63, 3.8) is 0 Å². The summed E-state index contributed by atoms with van der Waals surface area (Å²) >= 11 is 7.56. The van der Waals surface area contributed by atoms with E-state index >= 15 is 0 Å². The average Bonchev–Trinajstić information content (AvgIpc) is 3.07. The summed E-state index contributed by atoms with van der Waals surface area (Å²) in [6.07, 6.45) is 1.60. The third-order valence-corrected chi connectivity index (χ3v) is 4.65.